The standard InChI is InChI=1S/C21H30N4S.HI/c1-3-17-8-5-6-9-18(17)16-23-21(22-4-2)24-19-11-13-25(14-12-19)20-10-7-15-26-20;/h5-10,15,19H,3-4,11-14,16H2,1-2H3,(H2,22,23,24);1H. The van der Waals surface area contributed by atoms with E-state index in [4.69, 9.17) is 4.99 Å². The van der Waals surface area contributed by atoms with Crippen LogP contribution in [-0.4, -0.2) is 31.6 Å². The highest BCUT2D eigenvalue weighted by Crippen LogP contribution is 2.24. The second kappa shape index (κ2) is 11.5. The Morgan fingerprint density at radius 1 is 1.11 bits per heavy atom. The molecular formula is C21H31IN4S. The molecule has 1 aromatic heterocycles. The van der Waals surface area contributed by atoms with Crippen LogP contribution in [0.5, 0.6) is 0 Å². The first-order valence-electron chi connectivity index (χ1n) is 9.70. The summed E-state index contributed by atoms with van der Waals surface area (Å²) in [6.45, 7) is 8.15. The molecule has 0 amide bonds. The zero-order chi connectivity index (χ0) is 18.2. The molecule has 148 valence electrons. The number of hydrogen-bond acceptors (Lipinski definition) is 3. The van der Waals surface area contributed by atoms with Gasteiger partial charge in [0.2, 0.25) is 0 Å². The van der Waals surface area contributed by atoms with Gasteiger partial charge in [0.1, 0.15) is 0 Å². The van der Waals surface area contributed by atoms with Gasteiger partial charge in [0.05, 0.1) is 11.5 Å². The molecule has 1 aliphatic rings. The van der Waals surface area contributed by atoms with Crippen molar-refractivity contribution in [3.05, 3.63) is 52.9 Å². The number of benzene rings is 1. The monoisotopic (exact) mass is 498 g/mol. The first-order valence-corrected chi connectivity index (χ1v) is 10.6. The smallest absolute Gasteiger partial charge is 0.191 e. The van der Waals surface area contributed by atoms with Gasteiger partial charge in [-0.2, -0.15) is 0 Å². The van der Waals surface area contributed by atoms with Crippen LogP contribution in [0.4, 0.5) is 5.00 Å². The average molecular weight is 498 g/mol. The predicted molar refractivity (Wildman–Crippen MR) is 129 cm³/mol. The molecule has 27 heavy (non-hydrogen) atoms. The van der Waals surface area contributed by atoms with Gasteiger partial charge in [-0.3, -0.25) is 0 Å². The molecule has 2 heterocycles. The number of aryl methyl sites for hydroxylation is 1. The molecule has 1 saturated heterocycles. The zero-order valence-electron chi connectivity index (χ0n) is 16.3. The summed E-state index contributed by atoms with van der Waals surface area (Å²) in [6, 6.07) is 13.4. The second-order valence-corrected chi connectivity index (χ2v) is 7.60. The lowest BCUT2D eigenvalue weighted by Gasteiger charge is -2.33. The Labute approximate surface area is 184 Å². The van der Waals surface area contributed by atoms with Crippen LogP contribution in [0.15, 0.2) is 46.8 Å². The molecule has 2 N–H and O–H groups in total. The Balaban J connectivity index is 0.00000261. The van der Waals surface area contributed by atoms with E-state index in [0.717, 1.165) is 51.4 Å². The van der Waals surface area contributed by atoms with Crippen LogP contribution in [0, 0.1) is 0 Å². The predicted octanol–water partition coefficient (Wildman–Crippen LogP) is 4.65. The van der Waals surface area contributed by atoms with Crippen molar-refractivity contribution in [3.63, 3.8) is 0 Å². The number of halogens is 1. The van der Waals surface area contributed by atoms with Crippen LogP contribution in [0.2, 0.25) is 0 Å². The number of aliphatic imine (C=N–C) groups is 1. The maximum absolute atomic E-state index is 4.84. The van der Waals surface area contributed by atoms with E-state index in [0.29, 0.717) is 6.04 Å². The van der Waals surface area contributed by atoms with E-state index in [1.807, 2.05) is 11.3 Å². The molecule has 0 saturated carbocycles. The SMILES string of the molecule is CCNC(=NCc1ccccc1CC)NC1CCN(c2cccs2)CC1.I. The van der Waals surface area contributed by atoms with E-state index in [1.165, 1.54) is 16.1 Å². The highest BCUT2D eigenvalue weighted by molar-refractivity contribution is 14.0. The molecule has 1 aliphatic heterocycles. The lowest BCUT2D eigenvalue weighted by Crippen LogP contribution is -2.48. The number of nitrogens with zero attached hydrogens (tertiary/aromatic N) is 2. The molecule has 0 unspecified atom stereocenters. The van der Waals surface area contributed by atoms with E-state index in [9.17, 15) is 0 Å². The van der Waals surface area contributed by atoms with Gasteiger partial charge in [-0.25, -0.2) is 4.99 Å². The third-order valence-electron chi connectivity index (χ3n) is 4.90. The van der Waals surface area contributed by atoms with Crippen molar-refractivity contribution in [2.75, 3.05) is 24.5 Å². The largest absolute Gasteiger partial charge is 0.363 e. The minimum Gasteiger partial charge on any atom is -0.363 e. The number of guanidine groups is 1. The highest BCUT2D eigenvalue weighted by atomic mass is 127. The zero-order valence-corrected chi connectivity index (χ0v) is 19.4. The van der Waals surface area contributed by atoms with Crippen molar-refractivity contribution < 1.29 is 0 Å². The Morgan fingerprint density at radius 3 is 2.48 bits per heavy atom. The molecule has 0 atom stereocenters. The van der Waals surface area contributed by atoms with Crippen LogP contribution < -0.4 is 15.5 Å². The summed E-state index contributed by atoms with van der Waals surface area (Å²) in [5.41, 5.74) is 2.70. The summed E-state index contributed by atoms with van der Waals surface area (Å²) >= 11 is 1.83. The summed E-state index contributed by atoms with van der Waals surface area (Å²) in [6.07, 6.45) is 3.35. The van der Waals surface area contributed by atoms with Gasteiger partial charge in [0.15, 0.2) is 5.96 Å². The fraction of sp³-hybridized carbons (Fsp3) is 0.476. The van der Waals surface area contributed by atoms with Crippen LogP contribution in [0.25, 0.3) is 0 Å². The molecule has 0 spiro atoms. The lowest BCUT2D eigenvalue weighted by molar-refractivity contribution is 0.463. The fourth-order valence-corrected chi connectivity index (χ4v) is 4.21. The summed E-state index contributed by atoms with van der Waals surface area (Å²) in [4.78, 5) is 7.33. The van der Waals surface area contributed by atoms with Gasteiger partial charge in [-0.05, 0) is 54.8 Å². The molecule has 0 bridgehead atoms. The summed E-state index contributed by atoms with van der Waals surface area (Å²) in [5.74, 6) is 0.938. The number of thiophene rings is 1. The van der Waals surface area contributed by atoms with E-state index in [1.54, 1.807) is 0 Å². The number of hydrogen-bond donors (Lipinski definition) is 2. The fourth-order valence-electron chi connectivity index (χ4n) is 3.43. The highest BCUT2D eigenvalue weighted by Gasteiger charge is 2.20. The van der Waals surface area contributed by atoms with Crippen molar-refractivity contribution in [1.82, 2.24) is 10.6 Å². The van der Waals surface area contributed by atoms with Crippen LogP contribution >= 0.6 is 35.3 Å². The normalized spacial score (nSPS) is 15.3. The minimum atomic E-state index is 0. The number of anilines is 1. The summed E-state index contributed by atoms with van der Waals surface area (Å²) in [7, 11) is 0. The van der Waals surface area contributed by atoms with Crippen LogP contribution in [0.3, 0.4) is 0 Å². The van der Waals surface area contributed by atoms with E-state index < -0.39 is 0 Å². The second-order valence-electron chi connectivity index (χ2n) is 6.67. The van der Waals surface area contributed by atoms with Gasteiger partial charge in [0.25, 0.3) is 0 Å². The van der Waals surface area contributed by atoms with Crippen molar-refractivity contribution >= 4 is 46.3 Å². The molecule has 4 nitrogen and oxygen atoms in total. The topological polar surface area (TPSA) is 39.7 Å². The van der Waals surface area contributed by atoms with Gasteiger partial charge >= 0.3 is 0 Å². The Hall–Kier alpha value is -1.28. The number of rotatable bonds is 6. The third-order valence-corrected chi connectivity index (χ3v) is 5.83. The number of piperidine rings is 1. The molecule has 0 aliphatic carbocycles. The van der Waals surface area contributed by atoms with Gasteiger partial charge in [-0.15, -0.1) is 35.3 Å². The summed E-state index contributed by atoms with van der Waals surface area (Å²) < 4.78 is 0. The molecule has 1 fully saturated rings. The molecular weight excluding hydrogens is 467 g/mol. The molecule has 3 rings (SSSR count). The molecule has 2 aromatic rings. The minimum absolute atomic E-state index is 0. The van der Waals surface area contributed by atoms with E-state index in [2.05, 4.69) is 71.2 Å². The van der Waals surface area contributed by atoms with Crippen molar-refractivity contribution in [2.24, 2.45) is 4.99 Å². The van der Waals surface area contributed by atoms with Gasteiger partial charge < -0.3 is 15.5 Å². The van der Waals surface area contributed by atoms with Crippen molar-refractivity contribution in [3.8, 4) is 0 Å². The quantitative estimate of drug-likeness (QED) is 0.346. The molecule has 1 aromatic carbocycles. The van der Waals surface area contributed by atoms with Gasteiger partial charge in [-0.1, -0.05) is 31.2 Å². The summed E-state index contributed by atoms with van der Waals surface area (Å²) in [5, 5.41) is 10.6. The average Bonchev–Trinajstić information content (AvgIpc) is 3.22. The van der Waals surface area contributed by atoms with Gasteiger partial charge in [0, 0.05) is 25.7 Å². The Bertz CT molecular complexity index is 694. The Kier molecular flexibility index (Phi) is 9.41. The van der Waals surface area contributed by atoms with Crippen LogP contribution in [0.1, 0.15) is 37.8 Å². The van der Waals surface area contributed by atoms with Crippen LogP contribution in [-0.2, 0) is 13.0 Å². The van der Waals surface area contributed by atoms with Crippen molar-refractivity contribution in [1.29, 1.82) is 0 Å². The first kappa shape index (κ1) is 22.0. The molecule has 6 heteroatoms. The maximum atomic E-state index is 4.84. The lowest BCUT2D eigenvalue weighted by atomic mass is 10.1. The van der Waals surface area contributed by atoms with E-state index >= 15 is 0 Å². The third kappa shape index (κ3) is 6.38. The maximum Gasteiger partial charge on any atom is 0.191 e. The number of nitrogens with one attached hydrogen (secondary N) is 2. The molecule has 0 radical (unpaired) electrons. The van der Waals surface area contributed by atoms with Crippen molar-refractivity contribution in [2.45, 2.75) is 45.7 Å². The first-order chi connectivity index (χ1) is 12.8. The Morgan fingerprint density at radius 2 is 1.85 bits per heavy atom. The van der Waals surface area contributed by atoms with E-state index in [-0.39, 0.29) is 24.0 Å².